The van der Waals surface area contributed by atoms with Crippen molar-refractivity contribution in [3.63, 3.8) is 0 Å². The molecule has 1 aromatic carbocycles. The Kier molecular flexibility index (Phi) is 6.05. The predicted octanol–water partition coefficient (Wildman–Crippen LogP) is 3.05. The molecule has 0 bridgehead atoms. The molecule has 0 unspecified atom stereocenters. The van der Waals surface area contributed by atoms with Crippen LogP contribution < -0.4 is 9.47 Å². The monoisotopic (exact) mass is 252 g/mol. The molecular weight excluding hydrogens is 232 g/mol. The van der Waals surface area contributed by atoms with Gasteiger partial charge in [0.2, 0.25) is 0 Å². The molecule has 0 amide bonds. The number of ether oxygens (including phenoxy) is 3. The van der Waals surface area contributed by atoms with Crippen LogP contribution in [0.25, 0.3) is 0 Å². The molecule has 4 nitrogen and oxygen atoms in total. The fourth-order valence-corrected chi connectivity index (χ4v) is 1.64. The van der Waals surface area contributed by atoms with E-state index in [0.29, 0.717) is 23.7 Å². The van der Waals surface area contributed by atoms with Crippen LogP contribution in [0, 0.1) is 0 Å². The van der Waals surface area contributed by atoms with Gasteiger partial charge >= 0.3 is 5.97 Å². The lowest BCUT2D eigenvalue weighted by Gasteiger charge is -2.13. The van der Waals surface area contributed by atoms with Crippen LogP contribution in [0.4, 0.5) is 0 Å². The largest absolute Gasteiger partial charge is 0.496 e. The van der Waals surface area contributed by atoms with Gasteiger partial charge in [-0.3, -0.25) is 0 Å². The van der Waals surface area contributed by atoms with Crippen molar-refractivity contribution in [3.05, 3.63) is 23.8 Å². The lowest BCUT2D eigenvalue weighted by molar-refractivity contribution is 0.0592. The van der Waals surface area contributed by atoms with E-state index in [1.54, 1.807) is 18.2 Å². The Labute approximate surface area is 108 Å². The minimum atomic E-state index is -0.446. The van der Waals surface area contributed by atoms with Crippen LogP contribution >= 0.6 is 0 Å². The summed E-state index contributed by atoms with van der Waals surface area (Å²) >= 11 is 0. The summed E-state index contributed by atoms with van der Waals surface area (Å²) in [5.41, 5.74) is 0.346. The van der Waals surface area contributed by atoms with Gasteiger partial charge in [0.1, 0.15) is 17.1 Å². The fraction of sp³-hybridized carbons (Fsp3) is 0.500. The van der Waals surface area contributed by atoms with Crippen molar-refractivity contribution in [2.45, 2.75) is 26.2 Å². The molecule has 0 aliphatic rings. The molecule has 18 heavy (non-hydrogen) atoms. The van der Waals surface area contributed by atoms with Gasteiger partial charge in [0, 0.05) is 0 Å². The molecule has 0 heterocycles. The number of esters is 1. The van der Waals surface area contributed by atoms with Crippen LogP contribution in [-0.4, -0.2) is 26.8 Å². The van der Waals surface area contributed by atoms with E-state index in [4.69, 9.17) is 14.2 Å². The van der Waals surface area contributed by atoms with E-state index in [9.17, 15) is 4.79 Å². The molecule has 4 heteroatoms. The van der Waals surface area contributed by atoms with Gasteiger partial charge in [0.25, 0.3) is 0 Å². The third-order valence-corrected chi connectivity index (χ3v) is 2.60. The summed E-state index contributed by atoms with van der Waals surface area (Å²) in [5, 5.41) is 0. The minimum absolute atomic E-state index is 0.346. The molecule has 0 aromatic heterocycles. The van der Waals surface area contributed by atoms with Gasteiger partial charge < -0.3 is 14.2 Å². The number of unbranched alkanes of at least 4 members (excludes halogenated alkanes) is 2. The van der Waals surface area contributed by atoms with Gasteiger partial charge in [-0.2, -0.15) is 0 Å². The SMILES string of the molecule is CCCCCOc1cccc(OC)c1C(=O)OC. The topological polar surface area (TPSA) is 44.8 Å². The van der Waals surface area contributed by atoms with Crippen molar-refractivity contribution in [3.8, 4) is 11.5 Å². The van der Waals surface area contributed by atoms with E-state index >= 15 is 0 Å². The fourth-order valence-electron chi connectivity index (χ4n) is 1.64. The standard InChI is InChI=1S/C14H20O4/c1-4-5-6-10-18-12-9-7-8-11(16-2)13(12)14(15)17-3/h7-9H,4-6,10H2,1-3H3. The Morgan fingerprint density at radius 1 is 1.17 bits per heavy atom. The van der Waals surface area contributed by atoms with Crippen molar-refractivity contribution in [1.29, 1.82) is 0 Å². The Morgan fingerprint density at radius 2 is 1.89 bits per heavy atom. The van der Waals surface area contributed by atoms with Gasteiger partial charge in [-0.25, -0.2) is 4.79 Å². The quantitative estimate of drug-likeness (QED) is 0.552. The molecule has 0 fully saturated rings. The number of hydrogen-bond donors (Lipinski definition) is 0. The van der Waals surface area contributed by atoms with Gasteiger partial charge in [0.05, 0.1) is 20.8 Å². The van der Waals surface area contributed by atoms with E-state index in [2.05, 4.69) is 6.92 Å². The average Bonchev–Trinajstić information content (AvgIpc) is 2.42. The van der Waals surface area contributed by atoms with Crippen LogP contribution in [0.2, 0.25) is 0 Å². The van der Waals surface area contributed by atoms with Gasteiger partial charge in [0.15, 0.2) is 0 Å². The average molecular weight is 252 g/mol. The molecule has 0 spiro atoms. The second-order valence-corrected chi connectivity index (χ2v) is 3.88. The third-order valence-electron chi connectivity index (χ3n) is 2.60. The van der Waals surface area contributed by atoms with Crippen LogP contribution in [0.15, 0.2) is 18.2 Å². The Bertz CT molecular complexity index is 387. The highest BCUT2D eigenvalue weighted by Gasteiger charge is 2.18. The molecule has 0 saturated carbocycles. The normalized spacial score (nSPS) is 9.94. The van der Waals surface area contributed by atoms with Crippen molar-refractivity contribution < 1.29 is 19.0 Å². The molecule has 0 N–H and O–H groups in total. The first-order valence-corrected chi connectivity index (χ1v) is 6.12. The maximum atomic E-state index is 11.7. The zero-order valence-corrected chi connectivity index (χ0v) is 11.2. The first-order chi connectivity index (χ1) is 8.74. The number of methoxy groups -OCH3 is 2. The zero-order valence-electron chi connectivity index (χ0n) is 11.2. The highest BCUT2D eigenvalue weighted by Crippen LogP contribution is 2.29. The summed E-state index contributed by atoms with van der Waals surface area (Å²) in [4.78, 5) is 11.7. The molecule has 0 aliphatic heterocycles. The van der Waals surface area contributed by atoms with E-state index in [1.807, 2.05) is 0 Å². The Morgan fingerprint density at radius 3 is 2.50 bits per heavy atom. The summed E-state index contributed by atoms with van der Waals surface area (Å²) in [7, 11) is 2.86. The first-order valence-electron chi connectivity index (χ1n) is 6.12. The first kappa shape index (κ1) is 14.4. The number of carbonyl (C=O) groups is 1. The second-order valence-electron chi connectivity index (χ2n) is 3.88. The van der Waals surface area contributed by atoms with Gasteiger partial charge in [-0.05, 0) is 18.6 Å². The van der Waals surface area contributed by atoms with Crippen LogP contribution in [0.5, 0.6) is 11.5 Å². The van der Waals surface area contributed by atoms with Gasteiger partial charge in [-0.1, -0.05) is 25.8 Å². The molecule has 100 valence electrons. The predicted molar refractivity (Wildman–Crippen MR) is 69.4 cm³/mol. The highest BCUT2D eigenvalue weighted by molar-refractivity contribution is 5.95. The van der Waals surface area contributed by atoms with Crippen molar-refractivity contribution >= 4 is 5.97 Å². The second kappa shape index (κ2) is 7.58. The molecule has 0 radical (unpaired) electrons. The van der Waals surface area contributed by atoms with Crippen LogP contribution in [0.3, 0.4) is 0 Å². The summed E-state index contributed by atoms with van der Waals surface area (Å²) in [5.74, 6) is 0.532. The Balaban J connectivity index is 2.85. The third kappa shape index (κ3) is 3.65. The summed E-state index contributed by atoms with van der Waals surface area (Å²) in [6.45, 7) is 2.72. The maximum Gasteiger partial charge on any atom is 0.345 e. The molecular formula is C14H20O4. The molecule has 1 aromatic rings. The van der Waals surface area contributed by atoms with Crippen molar-refractivity contribution in [2.75, 3.05) is 20.8 Å². The van der Waals surface area contributed by atoms with Crippen LogP contribution in [0.1, 0.15) is 36.5 Å². The maximum absolute atomic E-state index is 11.7. The number of carbonyl (C=O) groups excluding carboxylic acids is 1. The van der Waals surface area contributed by atoms with Crippen molar-refractivity contribution in [2.24, 2.45) is 0 Å². The van der Waals surface area contributed by atoms with E-state index < -0.39 is 5.97 Å². The van der Waals surface area contributed by atoms with E-state index in [0.717, 1.165) is 19.3 Å². The molecule has 0 aliphatic carbocycles. The number of rotatable bonds is 7. The smallest absolute Gasteiger partial charge is 0.345 e. The summed E-state index contributed by atoms with van der Waals surface area (Å²) < 4.78 is 15.5. The Hall–Kier alpha value is -1.71. The lowest BCUT2D eigenvalue weighted by atomic mass is 10.1. The number of hydrogen-bond acceptors (Lipinski definition) is 4. The van der Waals surface area contributed by atoms with Gasteiger partial charge in [-0.15, -0.1) is 0 Å². The molecule has 0 saturated heterocycles. The van der Waals surface area contributed by atoms with Crippen LogP contribution in [-0.2, 0) is 4.74 Å². The van der Waals surface area contributed by atoms with E-state index in [-0.39, 0.29) is 0 Å². The van der Waals surface area contributed by atoms with E-state index in [1.165, 1.54) is 14.2 Å². The zero-order chi connectivity index (χ0) is 13.4. The molecule has 1 rings (SSSR count). The highest BCUT2D eigenvalue weighted by atomic mass is 16.5. The summed E-state index contributed by atoms with van der Waals surface area (Å²) in [6, 6.07) is 5.26. The number of benzene rings is 1. The summed E-state index contributed by atoms with van der Waals surface area (Å²) in [6.07, 6.45) is 3.21. The van der Waals surface area contributed by atoms with Crippen molar-refractivity contribution in [1.82, 2.24) is 0 Å². The minimum Gasteiger partial charge on any atom is -0.496 e. The molecule has 0 atom stereocenters. The lowest BCUT2D eigenvalue weighted by Crippen LogP contribution is -2.08.